The number of aryl methyl sites for hydroxylation is 3. The summed E-state index contributed by atoms with van der Waals surface area (Å²) in [6.07, 6.45) is 0. The van der Waals surface area contributed by atoms with Crippen molar-refractivity contribution in [1.82, 2.24) is 0 Å². The minimum Gasteiger partial charge on any atom is -0.457 e. The van der Waals surface area contributed by atoms with Crippen molar-refractivity contribution in [2.75, 3.05) is 0 Å². The lowest BCUT2D eigenvalue weighted by Crippen LogP contribution is -1.99. The molecule has 2 aromatic rings. The highest BCUT2D eigenvalue weighted by molar-refractivity contribution is 5.40. The molecule has 2 heteroatoms. The number of ether oxygens (including phenoxy) is 1. The maximum Gasteiger partial charge on any atom is 0.127 e. The molecule has 0 aliphatic rings. The van der Waals surface area contributed by atoms with Gasteiger partial charge < -0.3 is 10.5 Å². The van der Waals surface area contributed by atoms with Gasteiger partial charge in [-0.2, -0.15) is 0 Å². The lowest BCUT2D eigenvalue weighted by molar-refractivity contribution is 0.481. The number of hydrogen-bond donors (Lipinski definition) is 1. The van der Waals surface area contributed by atoms with Gasteiger partial charge in [-0.05, 0) is 67.3 Å². The van der Waals surface area contributed by atoms with Crippen LogP contribution in [0.3, 0.4) is 0 Å². The Morgan fingerprint density at radius 3 is 2.11 bits per heavy atom. The van der Waals surface area contributed by atoms with E-state index < -0.39 is 0 Å². The molecule has 0 saturated carbocycles. The SMILES string of the molecule is Cc1cc(C)cc(Oc2ccc(CN)c(C)c2)c1. The lowest BCUT2D eigenvalue weighted by atomic mass is 10.1. The zero-order chi connectivity index (χ0) is 13.1. The van der Waals surface area contributed by atoms with Gasteiger partial charge in [0, 0.05) is 6.54 Å². The number of hydrogen-bond acceptors (Lipinski definition) is 2. The second-order valence-corrected chi connectivity index (χ2v) is 4.72. The van der Waals surface area contributed by atoms with Crippen molar-refractivity contribution in [3.05, 3.63) is 58.7 Å². The van der Waals surface area contributed by atoms with E-state index in [1.807, 2.05) is 30.3 Å². The zero-order valence-corrected chi connectivity index (χ0v) is 11.2. The van der Waals surface area contributed by atoms with Gasteiger partial charge in [0.1, 0.15) is 11.5 Å². The summed E-state index contributed by atoms with van der Waals surface area (Å²) in [6, 6.07) is 12.2. The third kappa shape index (κ3) is 2.90. The molecule has 0 amide bonds. The van der Waals surface area contributed by atoms with Crippen molar-refractivity contribution >= 4 is 0 Å². The summed E-state index contributed by atoms with van der Waals surface area (Å²) in [5, 5.41) is 0. The monoisotopic (exact) mass is 241 g/mol. The van der Waals surface area contributed by atoms with Crippen LogP contribution in [0.1, 0.15) is 22.3 Å². The normalized spacial score (nSPS) is 10.4. The molecule has 0 bridgehead atoms. The molecule has 0 unspecified atom stereocenters. The van der Waals surface area contributed by atoms with Crippen LogP contribution in [-0.4, -0.2) is 0 Å². The van der Waals surface area contributed by atoms with Crippen LogP contribution < -0.4 is 10.5 Å². The van der Waals surface area contributed by atoms with Gasteiger partial charge in [0.15, 0.2) is 0 Å². The van der Waals surface area contributed by atoms with Crippen LogP contribution in [-0.2, 0) is 6.54 Å². The summed E-state index contributed by atoms with van der Waals surface area (Å²) in [5.74, 6) is 1.74. The average Bonchev–Trinajstić information content (AvgIpc) is 2.27. The van der Waals surface area contributed by atoms with E-state index in [2.05, 4.69) is 26.8 Å². The van der Waals surface area contributed by atoms with Gasteiger partial charge in [0.05, 0.1) is 0 Å². The van der Waals surface area contributed by atoms with Crippen LogP contribution in [0, 0.1) is 20.8 Å². The molecule has 2 N–H and O–H groups in total. The lowest BCUT2D eigenvalue weighted by Gasteiger charge is -2.10. The van der Waals surface area contributed by atoms with Crippen LogP contribution >= 0.6 is 0 Å². The molecule has 0 saturated heterocycles. The molecule has 0 aliphatic heterocycles. The van der Waals surface area contributed by atoms with Crippen molar-refractivity contribution in [2.24, 2.45) is 5.73 Å². The summed E-state index contributed by atoms with van der Waals surface area (Å²) < 4.78 is 5.88. The van der Waals surface area contributed by atoms with Gasteiger partial charge in [-0.25, -0.2) is 0 Å². The highest BCUT2D eigenvalue weighted by atomic mass is 16.5. The molecular formula is C16H19NO. The molecule has 18 heavy (non-hydrogen) atoms. The van der Waals surface area contributed by atoms with E-state index in [-0.39, 0.29) is 0 Å². The molecule has 0 spiro atoms. The second-order valence-electron chi connectivity index (χ2n) is 4.72. The van der Waals surface area contributed by atoms with E-state index in [1.165, 1.54) is 16.7 Å². The third-order valence-electron chi connectivity index (χ3n) is 2.96. The van der Waals surface area contributed by atoms with E-state index >= 15 is 0 Å². The Hall–Kier alpha value is -1.80. The Bertz CT molecular complexity index is 541. The molecule has 0 fully saturated rings. The predicted molar refractivity (Wildman–Crippen MR) is 75.1 cm³/mol. The van der Waals surface area contributed by atoms with Crippen LogP contribution in [0.25, 0.3) is 0 Å². The highest BCUT2D eigenvalue weighted by Crippen LogP contribution is 2.25. The van der Waals surface area contributed by atoms with Gasteiger partial charge >= 0.3 is 0 Å². The van der Waals surface area contributed by atoms with Gasteiger partial charge in [-0.1, -0.05) is 12.1 Å². The van der Waals surface area contributed by atoms with Crippen molar-refractivity contribution < 1.29 is 4.74 Å². The van der Waals surface area contributed by atoms with E-state index in [0.717, 1.165) is 17.1 Å². The summed E-state index contributed by atoms with van der Waals surface area (Å²) in [7, 11) is 0. The fourth-order valence-electron chi connectivity index (χ4n) is 2.09. The quantitative estimate of drug-likeness (QED) is 0.885. The Labute approximate surface area is 108 Å². The maximum atomic E-state index is 5.88. The number of rotatable bonds is 3. The standard InChI is InChI=1S/C16H19NO/c1-11-6-12(2)8-16(7-11)18-15-5-4-14(10-17)13(3)9-15/h4-9H,10,17H2,1-3H3. The Kier molecular flexibility index (Phi) is 3.68. The maximum absolute atomic E-state index is 5.88. The van der Waals surface area contributed by atoms with Crippen LogP contribution in [0.5, 0.6) is 11.5 Å². The fraction of sp³-hybridized carbons (Fsp3) is 0.250. The highest BCUT2D eigenvalue weighted by Gasteiger charge is 2.02. The molecular weight excluding hydrogens is 222 g/mol. The summed E-state index contributed by atoms with van der Waals surface area (Å²) in [5.41, 5.74) is 10.4. The van der Waals surface area contributed by atoms with E-state index in [9.17, 15) is 0 Å². The Balaban J connectivity index is 2.25. The molecule has 0 aliphatic carbocycles. The van der Waals surface area contributed by atoms with E-state index in [1.54, 1.807) is 0 Å². The average molecular weight is 241 g/mol. The smallest absolute Gasteiger partial charge is 0.127 e. The number of benzene rings is 2. The molecule has 94 valence electrons. The molecule has 2 rings (SSSR count). The predicted octanol–water partition coefficient (Wildman–Crippen LogP) is 3.86. The van der Waals surface area contributed by atoms with Crippen LogP contribution in [0.2, 0.25) is 0 Å². The summed E-state index contributed by atoms with van der Waals surface area (Å²) in [6.45, 7) is 6.76. The van der Waals surface area contributed by atoms with E-state index in [4.69, 9.17) is 10.5 Å². The Morgan fingerprint density at radius 2 is 1.56 bits per heavy atom. The minimum absolute atomic E-state index is 0.565. The molecule has 0 atom stereocenters. The first-order valence-corrected chi connectivity index (χ1v) is 6.14. The third-order valence-corrected chi connectivity index (χ3v) is 2.96. The molecule has 0 radical (unpaired) electrons. The summed E-state index contributed by atoms with van der Waals surface area (Å²) in [4.78, 5) is 0. The zero-order valence-electron chi connectivity index (χ0n) is 11.2. The van der Waals surface area contributed by atoms with Gasteiger partial charge in [0.2, 0.25) is 0 Å². The topological polar surface area (TPSA) is 35.2 Å². The summed E-state index contributed by atoms with van der Waals surface area (Å²) >= 11 is 0. The number of nitrogens with two attached hydrogens (primary N) is 1. The first kappa shape index (κ1) is 12.7. The van der Waals surface area contributed by atoms with Crippen LogP contribution in [0.15, 0.2) is 36.4 Å². The van der Waals surface area contributed by atoms with Crippen molar-refractivity contribution in [1.29, 1.82) is 0 Å². The first-order valence-electron chi connectivity index (χ1n) is 6.14. The largest absolute Gasteiger partial charge is 0.457 e. The Morgan fingerprint density at radius 1 is 0.889 bits per heavy atom. The first-order chi connectivity index (χ1) is 8.58. The minimum atomic E-state index is 0.565. The van der Waals surface area contributed by atoms with Crippen molar-refractivity contribution in [3.63, 3.8) is 0 Å². The van der Waals surface area contributed by atoms with Gasteiger partial charge in [-0.15, -0.1) is 0 Å². The van der Waals surface area contributed by atoms with Gasteiger partial charge in [-0.3, -0.25) is 0 Å². The van der Waals surface area contributed by atoms with Crippen molar-refractivity contribution in [3.8, 4) is 11.5 Å². The molecule has 0 aromatic heterocycles. The second kappa shape index (κ2) is 5.23. The van der Waals surface area contributed by atoms with Crippen molar-refractivity contribution in [2.45, 2.75) is 27.3 Å². The van der Waals surface area contributed by atoms with Crippen LogP contribution in [0.4, 0.5) is 0 Å². The molecule has 0 heterocycles. The molecule has 2 nitrogen and oxygen atoms in total. The van der Waals surface area contributed by atoms with E-state index in [0.29, 0.717) is 6.54 Å². The van der Waals surface area contributed by atoms with Gasteiger partial charge in [0.25, 0.3) is 0 Å². The fourth-order valence-corrected chi connectivity index (χ4v) is 2.09. The molecule has 2 aromatic carbocycles.